The summed E-state index contributed by atoms with van der Waals surface area (Å²) in [6.07, 6.45) is 7.66. The molecule has 2 aliphatic heterocycles. The maximum atomic E-state index is 13.0. The van der Waals surface area contributed by atoms with Crippen LogP contribution in [0.25, 0.3) is 0 Å². The van der Waals surface area contributed by atoms with Crippen LogP contribution >= 0.6 is 0 Å². The van der Waals surface area contributed by atoms with Crippen molar-refractivity contribution in [3.63, 3.8) is 0 Å². The van der Waals surface area contributed by atoms with Crippen molar-refractivity contribution in [1.29, 1.82) is 0 Å². The van der Waals surface area contributed by atoms with Gasteiger partial charge < -0.3 is 19.2 Å². The summed E-state index contributed by atoms with van der Waals surface area (Å²) in [5.74, 6) is 0.739. The van der Waals surface area contributed by atoms with E-state index in [0.29, 0.717) is 23.8 Å². The predicted octanol–water partition coefficient (Wildman–Crippen LogP) is 2.37. The van der Waals surface area contributed by atoms with Gasteiger partial charge in [-0.25, -0.2) is 4.98 Å². The largest absolute Gasteiger partial charge is 0.467 e. The SMILES string of the molecule is O=C(NCc1ccco1)c1nc(C(=O)N2CCCCC2)c2n1CCCC2. The van der Waals surface area contributed by atoms with Crippen LogP contribution in [0.2, 0.25) is 0 Å². The third-order valence-electron chi connectivity index (χ3n) is 5.17. The van der Waals surface area contributed by atoms with Gasteiger partial charge in [0.25, 0.3) is 11.8 Å². The Morgan fingerprint density at radius 1 is 1.12 bits per heavy atom. The maximum absolute atomic E-state index is 13.0. The fraction of sp³-hybridized carbons (Fsp3) is 0.526. The molecule has 2 aromatic heterocycles. The first-order chi connectivity index (χ1) is 12.7. The molecule has 0 atom stereocenters. The first kappa shape index (κ1) is 16.9. The number of hydrogen-bond acceptors (Lipinski definition) is 4. The van der Waals surface area contributed by atoms with E-state index in [4.69, 9.17) is 4.42 Å². The molecule has 26 heavy (non-hydrogen) atoms. The first-order valence-corrected chi connectivity index (χ1v) is 9.43. The number of amides is 2. The second-order valence-corrected chi connectivity index (χ2v) is 6.95. The van der Waals surface area contributed by atoms with Crippen LogP contribution in [-0.4, -0.2) is 39.4 Å². The molecule has 7 heteroatoms. The highest BCUT2D eigenvalue weighted by Gasteiger charge is 2.30. The lowest BCUT2D eigenvalue weighted by Crippen LogP contribution is -2.36. The number of likely N-dealkylation sites (tertiary alicyclic amines) is 1. The van der Waals surface area contributed by atoms with E-state index in [1.807, 2.05) is 15.5 Å². The van der Waals surface area contributed by atoms with E-state index in [9.17, 15) is 9.59 Å². The number of piperidine rings is 1. The second-order valence-electron chi connectivity index (χ2n) is 6.95. The van der Waals surface area contributed by atoms with Gasteiger partial charge in [-0.2, -0.15) is 0 Å². The molecule has 0 saturated carbocycles. The predicted molar refractivity (Wildman–Crippen MR) is 94.8 cm³/mol. The van der Waals surface area contributed by atoms with E-state index in [1.165, 1.54) is 6.42 Å². The number of aromatic nitrogens is 2. The van der Waals surface area contributed by atoms with Gasteiger partial charge in [-0.1, -0.05) is 0 Å². The third-order valence-corrected chi connectivity index (χ3v) is 5.17. The molecule has 1 N–H and O–H groups in total. The van der Waals surface area contributed by atoms with E-state index >= 15 is 0 Å². The molecular formula is C19H24N4O3. The summed E-state index contributed by atoms with van der Waals surface area (Å²) < 4.78 is 7.18. The van der Waals surface area contributed by atoms with E-state index in [0.717, 1.165) is 57.4 Å². The Morgan fingerprint density at radius 3 is 2.69 bits per heavy atom. The summed E-state index contributed by atoms with van der Waals surface area (Å²) in [6.45, 7) is 2.61. The van der Waals surface area contributed by atoms with Crippen LogP contribution in [0.1, 0.15) is 64.7 Å². The van der Waals surface area contributed by atoms with Crippen molar-refractivity contribution in [2.75, 3.05) is 13.1 Å². The van der Waals surface area contributed by atoms with Gasteiger partial charge in [0.15, 0.2) is 5.82 Å². The van der Waals surface area contributed by atoms with Crippen molar-refractivity contribution in [1.82, 2.24) is 19.8 Å². The van der Waals surface area contributed by atoms with Crippen LogP contribution in [0, 0.1) is 0 Å². The maximum Gasteiger partial charge on any atom is 0.287 e. The summed E-state index contributed by atoms with van der Waals surface area (Å²) in [5, 5.41) is 2.84. The molecule has 1 fully saturated rings. The van der Waals surface area contributed by atoms with Crippen LogP contribution in [-0.2, 0) is 19.5 Å². The van der Waals surface area contributed by atoms with Gasteiger partial charge in [-0.15, -0.1) is 0 Å². The highest BCUT2D eigenvalue weighted by Crippen LogP contribution is 2.23. The Balaban J connectivity index is 1.57. The molecule has 2 aromatic rings. The van der Waals surface area contributed by atoms with Crippen molar-refractivity contribution >= 4 is 11.8 Å². The average molecular weight is 356 g/mol. The lowest BCUT2D eigenvalue weighted by Gasteiger charge is -2.26. The Morgan fingerprint density at radius 2 is 1.92 bits per heavy atom. The van der Waals surface area contributed by atoms with Crippen LogP contribution in [0.3, 0.4) is 0 Å². The van der Waals surface area contributed by atoms with Crippen LogP contribution in [0.4, 0.5) is 0 Å². The van der Waals surface area contributed by atoms with Crippen molar-refractivity contribution in [3.05, 3.63) is 41.4 Å². The van der Waals surface area contributed by atoms with Gasteiger partial charge in [0.05, 0.1) is 18.5 Å². The minimum absolute atomic E-state index is 0.0274. The lowest BCUT2D eigenvalue weighted by atomic mass is 10.1. The minimum atomic E-state index is -0.262. The molecule has 0 aromatic carbocycles. The minimum Gasteiger partial charge on any atom is -0.467 e. The highest BCUT2D eigenvalue weighted by atomic mass is 16.3. The molecule has 2 amide bonds. The number of fused-ring (bicyclic) bond motifs is 1. The Labute approximate surface area is 152 Å². The number of hydrogen-bond donors (Lipinski definition) is 1. The van der Waals surface area contributed by atoms with Crippen molar-refractivity contribution < 1.29 is 14.0 Å². The van der Waals surface area contributed by atoms with Gasteiger partial charge in [0.2, 0.25) is 0 Å². The molecule has 0 aliphatic carbocycles. The van der Waals surface area contributed by atoms with Crippen molar-refractivity contribution in [2.24, 2.45) is 0 Å². The smallest absolute Gasteiger partial charge is 0.287 e. The van der Waals surface area contributed by atoms with Gasteiger partial charge in [-0.05, 0) is 50.7 Å². The van der Waals surface area contributed by atoms with Gasteiger partial charge in [-0.3, -0.25) is 9.59 Å². The fourth-order valence-corrected chi connectivity index (χ4v) is 3.79. The fourth-order valence-electron chi connectivity index (χ4n) is 3.79. The lowest BCUT2D eigenvalue weighted by molar-refractivity contribution is 0.0717. The zero-order valence-corrected chi connectivity index (χ0v) is 14.9. The standard InChI is InChI=1S/C19H24N4O3/c24-18(20-13-14-7-6-12-26-14)17-21-16(15-8-2-5-11-23(15)17)19(25)22-9-3-1-4-10-22/h6-7,12H,1-5,8-11,13H2,(H,20,24). The van der Waals surface area contributed by atoms with E-state index in [2.05, 4.69) is 10.3 Å². The number of rotatable bonds is 4. The molecule has 4 heterocycles. The Bertz CT molecular complexity index is 788. The van der Waals surface area contributed by atoms with Crippen molar-refractivity contribution in [3.8, 4) is 0 Å². The Kier molecular flexibility index (Phi) is 4.77. The molecule has 7 nitrogen and oxygen atoms in total. The van der Waals surface area contributed by atoms with Gasteiger partial charge >= 0.3 is 0 Å². The molecule has 138 valence electrons. The van der Waals surface area contributed by atoms with Gasteiger partial charge in [0.1, 0.15) is 11.5 Å². The Hall–Kier alpha value is -2.57. The number of nitrogens with one attached hydrogen (secondary N) is 1. The topological polar surface area (TPSA) is 80.4 Å². The van der Waals surface area contributed by atoms with Gasteiger partial charge in [0, 0.05) is 19.6 Å². The molecular weight excluding hydrogens is 332 g/mol. The summed E-state index contributed by atoms with van der Waals surface area (Å²) in [7, 11) is 0. The normalized spacial score (nSPS) is 17.0. The van der Waals surface area contributed by atoms with Crippen LogP contribution < -0.4 is 5.32 Å². The molecule has 0 unspecified atom stereocenters. The number of nitrogens with zero attached hydrogens (tertiary/aromatic N) is 3. The molecule has 1 saturated heterocycles. The summed E-state index contributed by atoms with van der Waals surface area (Å²) >= 11 is 0. The van der Waals surface area contributed by atoms with E-state index in [1.54, 1.807) is 12.3 Å². The molecule has 0 spiro atoms. The zero-order valence-electron chi connectivity index (χ0n) is 14.9. The quantitative estimate of drug-likeness (QED) is 0.912. The first-order valence-electron chi connectivity index (χ1n) is 9.43. The van der Waals surface area contributed by atoms with E-state index in [-0.39, 0.29) is 11.8 Å². The van der Waals surface area contributed by atoms with Crippen LogP contribution in [0.15, 0.2) is 22.8 Å². The zero-order chi connectivity index (χ0) is 17.9. The monoisotopic (exact) mass is 356 g/mol. The van der Waals surface area contributed by atoms with Crippen molar-refractivity contribution in [2.45, 2.75) is 51.6 Å². The number of furan rings is 1. The average Bonchev–Trinajstić information content (AvgIpc) is 3.34. The second kappa shape index (κ2) is 7.35. The molecule has 4 rings (SSSR count). The number of carbonyl (C=O) groups is 2. The molecule has 0 bridgehead atoms. The number of carbonyl (C=O) groups excluding carboxylic acids is 2. The summed E-state index contributed by atoms with van der Waals surface area (Å²) in [4.78, 5) is 32.0. The molecule has 2 aliphatic rings. The summed E-state index contributed by atoms with van der Waals surface area (Å²) in [5.41, 5.74) is 1.38. The molecule has 0 radical (unpaired) electrons. The highest BCUT2D eigenvalue weighted by molar-refractivity contribution is 5.97. The van der Waals surface area contributed by atoms with Crippen LogP contribution in [0.5, 0.6) is 0 Å². The van der Waals surface area contributed by atoms with E-state index < -0.39 is 0 Å². The number of imidazole rings is 1. The third kappa shape index (κ3) is 3.25. The summed E-state index contributed by atoms with van der Waals surface area (Å²) in [6, 6.07) is 3.60.